The molecule has 0 saturated heterocycles. The fourth-order valence-corrected chi connectivity index (χ4v) is 1.23. The van der Waals surface area contributed by atoms with E-state index in [0.717, 1.165) is 16.0 Å². The lowest BCUT2D eigenvalue weighted by Gasteiger charge is -1.83. The fourth-order valence-electron chi connectivity index (χ4n) is 0.419. The summed E-state index contributed by atoms with van der Waals surface area (Å²) in [6.45, 7) is 0. The Hall–Kier alpha value is -1.04. The van der Waals surface area contributed by atoms with Gasteiger partial charge >= 0.3 is 5.88 Å². The second-order valence-electron chi connectivity index (χ2n) is 1.35. The molecule has 0 bridgehead atoms. The average Bonchev–Trinajstić information content (AvgIpc) is 2.20. The summed E-state index contributed by atoms with van der Waals surface area (Å²) in [7, 11) is 0. The summed E-state index contributed by atoms with van der Waals surface area (Å²) in [5, 5.41) is 13.4. The van der Waals surface area contributed by atoms with Crippen LogP contribution in [-0.4, -0.2) is 9.78 Å². The summed E-state index contributed by atoms with van der Waals surface area (Å²) in [6, 6.07) is 0. The molecular formula is C3H2N4OS2. The molecule has 0 aromatic carbocycles. The van der Waals surface area contributed by atoms with Gasteiger partial charge in [-0.25, -0.2) is 0 Å². The first-order chi connectivity index (χ1) is 4.75. The van der Waals surface area contributed by atoms with Gasteiger partial charge < -0.3 is 5.11 Å². The molecule has 10 heavy (non-hydrogen) atoms. The molecule has 0 atom stereocenters. The highest BCUT2D eigenvalue weighted by Gasteiger charge is 2.02. The van der Waals surface area contributed by atoms with Crippen molar-refractivity contribution in [3.05, 3.63) is 19.8 Å². The molecule has 1 aromatic rings. The van der Waals surface area contributed by atoms with Crippen LogP contribution in [0.1, 0.15) is 0 Å². The van der Waals surface area contributed by atoms with E-state index in [1.807, 2.05) is 0 Å². The van der Waals surface area contributed by atoms with Crippen molar-refractivity contribution in [3.63, 3.8) is 0 Å². The Bertz CT molecular complexity index is 333. The Kier molecular flexibility index (Phi) is 1.91. The van der Waals surface area contributed by atoms with Gasteiger partial charge in [0.05, 0.1) is 5.38 Å². The first kappa shape index (κ1) is 7.07. The first-order valence-corrected chi connectivity index (χ1v) is 3.49. The standard InChI is InChI=1S/C3H2N4OS2/c4-5-6-7-2(8)1-10-3(7)9/h1,8H. The van der Waals surface area contributed by atoms with E-state index in [1.54, 1.807) is 0 Å². The maximum Gasteiger partial charge on any atom is 0.302 e. The molecule has 0 fully saturated rings. The molecule has 0 saturated carbocycles. The number of aromatic nitrogens is 1. The van der Waals surface area contributed by atoms with Gasteiger partial charge in [0.15, 0.2) is 0 Å². The molecule has 1 N–H and O–H groups in total. The molecule has 1 aromatic heterocycles. The van der Waals surface area contributed by atoms with Crippen LogP contribution >= 0.6 is 23.6 Å². The number of hydrogen-bond donors (Lipinski definition) is 1. The quantitative estimate of drug-likeness (QED) is 0.306. The summed E-state index contributed by atoms with van der Waals surface area (Å²) in [5.74, 6) is -0.132. The molecule has 1 heterocycles. The molecule has 0 amide bonds. The van der Waals surface area contributed by atoms with E-state index in [1.165, 1.54) is 5.38 Å². The largest absolute Gasteiger partial charge is 0.477 e. The Labute approximate surface area is 64.8 Å². The van der Waals surface area contributed by atoms with Gasteiger partial charge in [0.1, 0.15) is 0 Å². The number of aromatic hydroxyl groups is 1. The van der Waals surface area contributed by atoms with Gasteiger partial charge in [0.2, 0.25) is 0 Å². The van der Waals surface area contributed by atoms with E-state index < -0.39 is 0 Å². The third-order valence-corrected chi connectivity index (χ3v) is 1.95. The minimum atomic E-state index is -0.132. The van der Waals surface area contributed by atoms with Gasteiger partial charge in [-0.3, -0.25) is 0 Å². The summed E-state index contributed by atoms with van der Waals surface area (Å²) in [5.41, 5.74) is 7.97. The maximum atomic E-state index is 8.90. The van der Waals surface area contributed by atoms with E-state index in [9.17, 15) is 0 Å². The smallest absolute Gasteiger partial charge is 0.302 e. The van der Waals surface area contributed by atoms with Crippen LogP contribution in [0.4, 0.5) is 0 Å². The molecule has 0 aliphatic rings. The topological polar surface area (TPSA) is 73.9 Å². The molecule has 0 aliphatic heterocycles. The second-order valence-corrected chi connectivity index (χ2v) is 2.85. The Morgan fingerprint density at radius 2 is 2.60 bits per heavy atom. The lowest BCUT2D eigenvalue weighted by molar-refractivity contribution is 0.427. The van der Waals surface area contributed by atoms with Gasteiger partial charge in [-0.2, -0.15) is 4.91 Å². The highest BCUT2D eigenvalue weighted by molar-refractivity contribution is 7.73. The zero-order valence-corrected chi connectivity index (χ0v) is 6.26. The molecule has 52 valence electrons. The van der Waals surface area contributed by atoms with Gasteiger partial charge in [0.25, 0.3) is 3.95 Å². The predicted molar refractivity (Wildman–Crippen MR) is 39.4 cm³/mol. The summed E-state index contributed by atoms with van der Waals surface area (Å²) in [4.78, 5) is 2.47. The van der Waals surface area contributed by atoms with E-state index in [4.69, 9.17) is 22.9 Å². The SMILES string of the molecule is [N-]=[N+]=Nn1c(O)csc1=S. The maximum absolute atomic E-state index is 8.90. The minimum absolute atomic E-state index is 0.132. The van der Waals surface area contributed by atoms with Gasteiger partial charge in [-0.05, 0) is 17.4 Å². The zero-order chi connectivity index (χ0) is 7.56. The Morgan fingerprint density at radius 1 is 1.90 bits per heavy atom. The Balaban J connectivity index is 3.36. The highest BCUT2D eigenvalue weighted by atomic mass is 32.1. The first-order valence-electron chi connectivity index (χ1n) is 2.20. The third kappa shape index (κ3) is 1.10. The van der Waals surface area contributed by atoms with Crippen LogP contribution < -0.4 is 0 Å². The summed E-state index contributed by atoms with van der Waals surface area (Å²) < 4.78 is 1.27. The van der Waals surface area contributed by atoms with Crippen LogP contribution in [-0.2, 0) is 0 Å². The van der Waals surface area contributed by atoms with Gasteiger partial charge in [-0.15, -0.1) is 10.2 Å². The predicted octanol–water partition coefficient (Wildman–Crippen LogP) is 2.06. The van der Waals surface area contributed by atoms with Crippen LogP contribution in [0.15, 0.2) is 10.6 Å². The van der Waals surface area contributed by atoms with Crippen LogP contribution in [0.2, 0.25) is 0 Å². The van der Waals surface area contributed by atoms with Crippen LogP contribution in [0.25, 0.3) is 10.4 Å². The van der Waals surface area contributed by atoms with Crippen molar-refractivity contribution in [1.29, 1.82) is 0 Å². The average molecular weight is 174 g/mol. The van der Waals surface area contributed by atoms with Crippen molar-refractivity contribution in [2.75, 3.05) is 0 Å². The monoisotopic (exact) mass is 174 g/mol. The second kappa shape index (κ2) is 2.70. The molecule has 0 spiro atoms. The number of thiazole rings is 1. The van der Waals surface area contributed by atoms with Crippen LogP contribution in [0, 0.1) is 3.95 Å². The number of azide groups is 1. The molecule has 5 nitrogen and oxygen atoms in total. The minimum Gasteiger partial charge on any atom is -0.477 e. The highest BCUT2D eigenvalue weighted by Crippen LogP contribution is 2.16. The normalized spacial score (nSPS) is 8.80. The molecule has 0 aliphatic carbocycles. The van der Waals surface area contributed by atoms with Crippen molar-refractivity contribution < 1.29 is 5.11 Å². The third-order valence-electron chi connectivity index (χ3n) is 0.785. The van der Waals surface area contributed by atoms with E-state index in [2.05, 4.69) is 10.1 Å². The zero-order valence-electron chi connectivity index (χ0n) is 4.63. The van der Waals surface area contributed by atoms with Crippen molar-refractivity contribution in [2.24, 2.45) is 5.22 Å². The summed E-state index contributed by atoms with van der Waals surface area (Å²) in [6.07, 6.45) is 0. The molecule has 0 radical (unpaired) electrons. The van der Waals surface area contributed by atoms with Crippen LogP contribution in [0.5, 0.6) is 5.88 Å². The van der Waals surface area contributed by atoms with E-state index in [-0.39, 0.29) is 5.88 Å². The number of hydrogen-bond acceptors (Lipinski definition) is 4. The van der Waals surface area contributed by atoms with Crippen molar-refractivity contribution in [3.8, 4) is 5.88 Å². The number of nitrogens with zero attached hydrogens (tertiary/aromatic N) is 4. The van der Waals surface area contributed by atoms with Gasteiger partial charge in [-0.1, -0.05) is 11.3 Å². The van der Waals surface area contributed by atoms with Crippen molar-refractivity contribution >= 4 is 23.6 Å². The van der Waals surface area contributed by atoms with E-state index in [0.29, 0.717) is 3.95 Å². The van der Waals surface area contributed by atoms with Crippen LogP contribution in [0.3, 0.4) is 0 Å². The fraction of sp³-hybridized carbons (Fsp3) is 0. The lowest BCUT2D eigenvalue weighted by Crippen LogP contribution is -1.81. The van der Waals surface area contributed by atoms with Crippen molar-refractivity contribution in [2.45, 2.75) is 0 Å². The lowest BCUT2D eigenvalue weighted by atomic mass is 10.9. The van der Waals surface area contributed by atoms with Crippen molar-refractivity contribution in [1.82, 2.24) is 4.68 Å². The number of rotatable bonds is 1. The molecule has 0 unspecified atom stereocenters. The summed E-state index contributed by atoms with van der Waals surface area (Å²) >= 11 is 5.83. The Morgan fingerprint density at radius 3 is 3.00 bits per heavy atom. The van der Waals surface area contributed by atoms with E-state index >= 15 is 0 Å². The molecule has 1 rings (SSSR count). The molecule has 7 heteroatoms. The van der Waals surface area contributed by atoms with Gasteiger partial charge in [0, 0.05) is 0 Å². The molecular weight excluding hydrogens is 172 g/mol.